The van der Waals surface area contributed by atoms with Crippen molar-refractivity contribution in [2.75, 3.05) is 39.4 Å². The van der Waals surface area contributed by atoms with Crippen molar-refractivity contribution in [3.8, 4) is 11.5 Å². The number of aliphatic carboxylic acids is 2. The topological polar surface area (TPSA) is 532 Å². The number of Topliss-reactive ketones (excluding diaryl/α,β-unsaturated/α-hetero) is 5. The van der Waals surface area contributed by atoms with Gasteiger partial charge in [0.15, 0.2) is 0 Å². The van der Waals surface area contributed by atoms with E-state index in [2.05, 4.69) is 31.9 Å². The van der Waals surface area contributed by atoms with Crippen molar-refractivity contribution in [3.05, 3.63) is 59.7 Å². The number of hydrogen-bond donors (Lipinski definition) is 14. The van der Waals surface area contributed by atoms with Gasteiger partial charge in [-0.15, -0.1) is 0 Å². The highest BCUT2D eigenvalue weighted by Gasteiger charge is 2.31. The maximum absolute atomic E-state index is 13.9. The molecule has 0 unspecified atom stereocenters. The Hall–Kier alpha value is -9.07. The minimum atomic E-state index is -1.19. The summed E-state index contributed by atoms with van der Waals surface area (Å²) in [6.07, 6.45) is 26.2. The first kappa shape index (κ1) is 110. The molecule has 8 atom stereocenters. The predicted molar refractivity (Wildman–Crippen MR) is 470 cm³/mol. The number of aromatic carboxylic acids is 2. The smallest absolute Gasteiger partial charge is 0.335 e. The van der Waals surface area contributed by atoms with Crippen LogP contribution < -0.4 is 64.3 Å². The number of nitrogens with one attached hydrogen (secondary N) is 6. The molecule has 0 radical (unpaired) electrons. The summed E-state index contributed by atoms with van der Waals surface area (Å²) in [5.74, 6) is -6.87. The van der Waals surface area contributed by atoms with Crippen molar-refractivity contribution >= 4 is 88.2 Å². The molecule has 0 aliphatic heterocycles. The molecule has 0 heterocycles. The first-order valence-electron chi connectivity index (χ1n) is 45.4. The molecule has 0 bridgehead atoms. The summed E-state index contributed by atoms with van der Waals surface area (Å²) in [5, 5.41) is 53.9. The van der Waals surface area contributed by atoms with Gasteiger partial charge in [0.2, 0.25) is 35.4 Å². The van der Waals surface area contributed by atoms with Gasteiger partial charge in [0.25, 0.3) is 0 Å². The molecule has 123 heavy (non-hydrogen) atoms. The summed E-state index contributed by atoms with van der Waals surface area (Å²) in [7, 11) is 0. The fourth-order valence-electron chi connectivity index (χ4n) is 14.0. The van der Waals surface area contributed by atoms with Crippen LogP contribution in [0.1, 0.15) is 344 Å². The molecule has 2 aromatic rings. The van der Waals surface area contributed by atoms with Gasteiger partial charge in [-0.05, 0) is 184 Å². The van der Waals surface area contributed by atoms with Gasteiger partial charge in [-0.3, -0.25) is 52.7 Å². The SMILES string of the molecule is CC(=O)[C@H](CCCCNC(=O)[C@@H](N)CCCCNC(=O)[C@@H](N)CCCCCC(=O)CC[C@H](NC(=O)CCCCCCCCCCOc1ccc(C(=O)O)cc1)C(=O)O)CC(=O)[C@H](CCCCNC(=O)[C@@H](N)CCCCNC(=O)[C@@H](N)CCCCCC(=O)CC[C@H](NC(=O)CCCCCCCCCCOc1ccc(C(=O)O)cc1)C(=O)O)CC(=O)C(C)(C)C. The van der Waals surface area contributed by atoms with Gasteiger partial charge >= 0.3 is 23.9 Å². The van der Waals surface area contributed by atoms with Crippen LogP contribution in [0.2, 0.25) is 0 Å². The second-order valence-electron chi connectivity index (χ2n) is 33.9. The minimum absolute atomic E-state index is 0.00418. The lowest BCUT2D eigenvalue weighted by atomic mass is 9.79. The highest BCUT2D eigenvalue weighted by molar-refractivity contribution is 5.93. The molecule has 18 N–H and O–H groups in total. The zero-order valence-corrected chi connectivity index (χ0v) is 74.0. The van der Waals surface area contributed by atoms with Crippen LogP contribution >= 0.6 is 0 Å². The van der Waals surface area contributed by atoms with Gasteiger partial charge in [0.1, 0.15) is 52.5 Å². The van der Waals surface area contributed by atoms with Gasteiger partial charge in [-0.25, -0.2) is 19.2 Å². The number of ether oxygens (including phenoxy) is 2. The first-order chi connectivity index (χ1) is 58.7. The lowest BCUT2D eigenvalue weighted by Crippen LogP contribution is -2.42. The van der Waals surface area contributed by atoms with Gasteiger partial charge < -0.3 is 84.7 Å². The summed E-state index contributed by atoms with van der Waals surface area (Å²) in [4.78, 5) is 187. The molecule has 31 nitrogen and oxygen atoms in total. The molecule has 694 valence electrons. The third-order valence-electron chi connectivity index (χ3n) is 22.1. The van der Waals surface area contributed by atoms with Crippen molar-refractivity contribution in [1.82, 2.24) is 31.9 Å². The maximum Gasteiger partial charge on any atom is 0.335 e. The van der Waals surface area contributed by atoms with Crippen LogP contribution in [0.15, 0.2) is 48.5 Å². The number of carbonyl (C=O) groups is 15. The minimum Gasteiger partial charge on any atom is -0.494 e. The fourth-order valence-corrected chi connectivity index (χ4v) is 14.0. The monoisotopic (exact) mass is 1730 g/mol. The summed E-state index contributed by atoms with van der Waals surface area (Å²) in [5.41, 5.74) is 24.4. The Morgan fingerprint density at radius 1 is 0.333 bits per heavy atom. The standard InChI is InChI=1S/C92H150N10O21/c1-65(103)68(35-25-29-57-97-86(112)76(95)41-27-31-59-99-84(110)74(93)39-21-17-19-37-70(104)49-55-78(90(118)119)101-82(108)43-23-13-9-5-7-11-15-33-61-122-72-51-45-66(46-52-72)88(114)115)63-80(106)69(64-81(107)92(2,3)4)36-26-30-58-98-87(113)77(96)42-28-32-60-100-85(111)75(94)40-22-18-20-38-71(105)50-56-79(91(120)121)102-83(109)44-24-14-10-6-8-12-16-34-62-123-73-53-47-67(48-54-73)89(116)117/h45-48,51-54,68-69,74-79H,5-44,49-50,55-64,93-96H2,1-4H3,(H,97,112)(H,98,113)(H,99,110)(H,100,111)(H,101,108)(H,102,109)(H,114,115)(H,116,117)(H,118,119)(H,120,121)/t68-,69-,74+,75+,76+,77+,78+,79+/m1/s1. The number of ketones is 5. The number of benzene rings is 2. The molecular formula is C92H150N10O21. The van der Waals surface area contributed by atoms with Crippen molar-refractivity contribution < 1.29 is 102 Å². The van der Waals surface area contributed by atoms with Crippen LogP contribution in [0, 0.1) is 17.3 Å². The zero-order chi connectivity index (χ0) is 91.2. The van der Waals surface area contributed by atoms with E-state index < -0.39 is 77.4 Å². The molecule has 0 saturated heterocycles. The van der Waals surface area contributed by atoms with Crippen molar-refractivity contribution in [2.24, 2.45) is 40.2 Å². The molecular weight excluding hydrogens is 1580 g/mol. The van der Waals surface area contributed by atoms with Crippen LogP contribution in [0.4, 0.5) is 0 Å². The van der Waals surface area contributed by atoms with E-state index in [4.69, 9.17) is 42.6 Å². The lowest BCUT2D eigenvalue weighted by molar-refractivity contribution is -0.142. The Labute approximate surface area is 728 Å². The maximum atomic E-state index is 13.9. The summed E-state index contributed by atoms with van der Waals surface area (Å²) in [6.45, 7) is 9.22. The molecule has 0 spiro atoms. The van der Waals surface area contributed by atoms with Crippen LogP contribution in [0.5, 0.6) is 11.5 Å². The third kappa shape index (κ3) is 55.0. The first-order valence-corrected chi connectivity index (χ1v) is 45.4. The summed E-state index contributed by atoms with van der Waals surface area (Å²) < 4.78 is 11.3. The Morgan fingerprint density at radius 3 is 0.927 bits per heavy atom. The number of rotatable bonds is 78. The van der Waals surface area contributed by atoms with E-state index >= 15 is 0 Å². The molecule has 6 amide bonds. The van der Waals surface area contributed by atoms with E-state index in [1.165, 1.54) is 31.2 Å². The van der Waals surface area contributed by atoms with Crippen molar-refractivity contribution in [2.45, 2.75) is 359 Å². The zero-order valence-electron chi connectivity index (χ0n) is 74.0. The Morgan fingerprint density at radius 2 is 0.618 bits per heavy atom. The predicted octanol–water partition coefficient (Wildman–Crippen LogP) is 11.5. The van der Waals surface area contributed by atoms with Gasteiger partial charge in [-0.1, -0.05) is 136 Å². The normalized spacial score (nSPS) is 13.3. The van der Waals surface area contributed by atoms with Crippen LogP contribution in [-0.4, -0.2) is 184 Å². The molecule has 2 rings (SSSR count). The molecule has 0 fully saturated rings. The second kappa shape index (κ2) is 66.4. The van der Waals surface area contributed by atoms with Gasteiger partial charge in [0, 0.05) is 94.8 Å². The summed E-state index contributed by atoms with van der Waals surface area (Å²) in [6, 6.07) is 7.25. The van der Waals surface area contributed by atoms with Crippen LogP contribution in [0.25, 0.3) is 0 Å². The number of nitrogens with two attached hydrogens (primary N) is 4. The number of carboxylic acid groups (broad SMARTS) is 4. The van der Waals surface area contributed by atoms with E-state index in [0.717, 1.165) is 89.9 Å². The molecule has 0 aliphatic carbocycles. The lowest BCUT2D eigenvalue weighted by Gasteiger charge is -2.23. The largest absolute Gasteiger partial charge is 0.494 e. The van der Waals surface area contributed by atoms with E-state index in [1.54, 1.807) is 45.0 Å². The summed E-state index contributed by atoms with van der Waals surface area (Å²) >= 11 is 0. The molecule has 2 aromatic carbocycles. The number of unbranched alkanes of at least 4 members (excludes halogenated alkanes) is 22. The van der Waals surface area contributed by atoms with Gasteiger partial charge in [-0.2, -0.15) is 0 Å². The van der Waals surface area contributed by atoms with E-state index in [1.807, 2.05) is 0 Å². The number of amides is 6. The molecule has 0 saturated carbocycles. The second-order valence-corrected chi connectivity index (χ2v) is 33.9. The third-order valence-corrected chi connectivity index (χ3v) is 22.1. The Bertz CT molecular complexity index is 3480. The van der Waals surface area contributed by atoms with Gasteiger partial charge in [0.05, 0.1) is 48.5 Å². The Kier molecular flexibility index (Phi) is 59.4. The van der Waals surface area contributed by atoms with Crippen molar-refractivity contribution in [1.29, 1.82) is 0 Å². The number of carbonyl (C=O) groups excluding carboxylic acids is 11. The number of hydrogen-bond acceptors (Lipinski definition) is 21. The molecule has 31 heteroatoms. The highest BCUT2D eigenvalue weighted by atomic mass is 16.5. The average Bonchev–Trinajstić information content (AvgIpc) is 0.864. The van der Waals surface area contributed by atoms with Crippen LogP contribution in [-0.2, 0) is 62.3 Å². The van der Waals surface area contributed by atoms with E-state index in [0.29, 0.717) is 192 Å². The Balaban J connectivity index is 1.53. The fraction of sp³-hybridized carbons (Fsp3) is 0.707. The quantitative estimate of drug-likeness (QED) is 0.0274. The van der Waals surface area contributed by atoms with E-state index in [9.17, 15) is 82.1 Å². The average molecular weight is 1730 g/mol. The molecule has 0 aromatic heterocycles. The van der Waals surface area contributed by atoms with Crippen LogP contribution in [0.3, 0.4) is 0 Å². The highest BCUT2D eigenvalue weighted by Crippen LogP contribution is 2.28. The molecule has 0 aliphatic rings. The van der Waals surface area contributed by atoms with E-state index in [-0.39, 0.29) is 140 Å². The number of carboxylic acids is 4. The van der Waals surface area contributed by atoms with Crippen molar-refractivity contribution in [3.63, 3.8) is 0 Å².